The number of hydrogen-bond acceptors (Lipinski definition) is 5. The summed E-state index contributed by atoms with van der Waals surface area (Å²) in [6.07, 6.45) is 1.98. The third kappa shape index (κ3) is 3.96. The topological polar surface area (TPSA) is 86.8 Å². The SMILES string of the molecule is CC1CCCN(C(=O)C(=O)NCCN2C(=O)CSC2=O)C1. The molecule has 0 radical (unpaired) electrons. The predicted molar refractivity (Wildman–Crippen MR) is 77.6 cm³/mol. The van der Waals surface area contributed by atoms with E-state index in [0.29, 0.717) is 19.0 Å². The van der Waals surface area contributed by atoms with Crippen molar-refractivity contribution < 1.29 is 19.2 Å². The molecule has 2 heterocycles. The highest BCUT2D eigenvalue weighted by molar-refractivity contribution is 8.14. The number of carbonyl (C=O) groups is 4. The van der Waals surface area contributed by atoms with E-state index in [-0.39, 0.29) is 30.0 Å². The van der Waals surface area contributed by atoms with Crippen molar-refractivity contribution in [1.82, 2.24) is 15.1 Å². The van der Waals surface area contributed by atoms with E-state index in [4.69, 9.17) is 0 Å². The summed E-state index contributed by atoms with van der Waals surface area (Å²) in [5.41, 5.74) is 0. The Hall–Kier alpha value is -1.57. The average molecular weight is 313 g/mol. The molecule has 0 aliphatic carbocycles. The van der Waals surface area contributed by atoms with Crippen LogP contribution in [0.3, 0.4) is 0 Å². The van der Waals surface area contributed by atoms with Crippen LogP contribution in [-0.2, 0) is 14.4 Å². The van der Waals surface area contributed by atoms with E-state index in [9.17, 15) is 19.2 Å². The van der Waals surface area contributed by atoms with Gasteiger partial charge in [0.2, 0.25) is 5.91 Å². The number of imide groups is 1. The first-order valence-electron chi connectivity index (χ1n) is 7.03. The van der Waals surface area contributed by atoms with Crippen molar-refractivity contribution >= 4 is 34.7 Å². The van der Waals surface area contributed by atoms with Crippen LogP contribution in [0.15, 0.2) is 0 Å². The minimum atomic E-state index is -0.671. The van der Waals surface area contributed by atoms with E-state index in [1.807, 2.05) is 0 Å². The number of thioether (sulfide) groups is 1. The number of hydrogen-bond donors (Lipinski definition) is 1. The van der Waals surface area contributed by atoms with Crippen LogP contribution < -0.4 is 5.32 Å². The Balaban J connectivity index is 1.75. The molecular weight excluding hydrogens is 294 g/mol. The van der Waals surface area contributed by atoms with Gasteiger partial charge >= 0.3 is 11.8 Å². The molecule has 1 N–H and O–H groups in total. The minimum Gasteiger partial charge on any atom is -0.346 e. The summed E-state index contributed by atoms with van der Waals surface area (Å²) in [7, 11) is 0. The molecule has 1 atom stereocenters. The molecule has 2 saturated heterocycles. The molecule has 2 rings (SSSR count). The Morgan fingerprint density at radius 1 is 1.38 bits per heavy atom. The van der Waals surface area contributed by atoms with Crippen LogP contribution in [0.4, 0.5) is 4.79 Å². The molecule has 2 aliphatic rings. The van der Waals surface area contributed by atoms with Gasteiger partial charge in [0, 0.05) is 26.2 Å². The number of amides is 4. The van der Waals surface area contributed by atoms with Crippen molar-refractivity contribution in [3.8, 4) is 0 Å². The van der Waals surface area contributed by atoms with Crippen LogP contribution >= 0.6 is 11.8 Å². The molecule has 21 heavy (non-hydrogen) atoms. The summed E-state index contributed by atoms with van der Waals surface area (Å²) in [4.78, 5) is 49.1. The highest BCUT2D eigenvalue weighted by Crippen LogP contribution is 2.18. The maximum atomic E-state index is 12.0. The van der Waals surface area contributed by atoms with Gasteiger partial charge in [-0.3, -0.25) is 24.1 Å². The molecular formula is C13H19N3O4S. The van der Waals surface area contributed by atoms with Crippen LogP contribution in [0.1, 0.15) is 19.8 Å². The molecule has 0 aromatic heterocycles. The van der Waals surface area contributed by atoms with Gasteiger partial charge in [-0.2, -0.15) is 0 Å². The van der Waals surface area contributed by atoms with Crippen LogP contribution in [0.5, 0.6) is 0 Å². The summed E-state index contributed by atoms with van der Waals surface area (Å²) in [5, 5.41) is 2.18. The van der Waals surface area contributed by atoms with Gasteiger partial charge in [-0.05, 0) is 18.8 Å². The van der Waals surface area contributed by atoms with Gasteiger partial charge < -0.3 is 10.2 Å². The second-order valence-electron chi connectivity index (χ2n) is 5.35. The molecule has 0 aromatic rings. The zero-order valence-electron chi connectivity index (χ0n) is 12.0. The summed E-state index contributed by atoms with van der Waals surface area (Å²) in [5.74, 6) is -0.897. The molecule has 116 valence electrons. The lowest BCUT2D eigenvalue weighted by atomic mass is 10.0. The van der Waals surface area contributed by atoms with E-state index in [1.165, 1.54) is 0 Å². The lowest BCUT2D eigenvalue weighted by Crippen LogP contribution is -2.48. The quantitative estimate of drug-likeness (QED) is 0.744. The molecule has 0 aromatic carbocycles. The van der Waals surface area contributed by atoms with Gasteiger partial charge in [0.25, 0.3) is 5.24 Å². The van der Waals surface area contributed by atoms with Crippen molar-refractivity contribution in [2.24, 2.45) is 5.92 Å². The number of nitrogens with one attached hydrogen (secondary N) is 1. The fraction of sp³-hybridized carbons (Fsp3) is 0.692. The molecule has 0 saturated carbocycles. The van der Waals surface area contributed by atoms with Crippen LogP contribution in [-0.4, -0.2) is 64.7 Å². The van der Waals surface area contributed by atoms with Crippen molar-refractivity contribution in [2.75, 3.05) is 31.9 Å². The number of carbonyl (C=O) groups excluding carboxylic acids is 4. The van der Waals surface area contributed by atoms with Crippen molar-refractivity contribution in [1.29, 1.82) is 0 Å². The number of nitrogens with zero attached hydrogens (tertiary/aromatic N) is 2. The largest absolute Gasteiger partial charge is 0.346 e. The van der Waals surface area contributed by atoms with E-state index < -0.39 is 11.8 Å². The van der Waals surface area contributed by atoms with E-state index in [0.717, 1.165) is 29.5 Å². The van der Waals surface area contributed by atoms with Gasteiger partial charge in [-0.1, -0.05) is 18.7 Å². The average Bonchev–Trinajstić information content (AvgIpc) is 2.78. The van der Waals surface area contributed by atoms with Crippen molar-refractivity contribution in [2.45, 2.75) is 19.8 Å². The first kappa shape index (κ1) is 15.8. The highest BCUT2D eigenvalue weighted by Gasteiger charge is 2.30. The summed E-state index contributed by atoms with van der Waals surface area (Å²) in [6, 6.07) is 0. The maximum absolute atomic E-state index is 12.0. The first-order chi connectivity index (χ1) is 9.99. The number of piperidine rings is 1. The molecule has 8 heteroatoms. The van der Waals surface area contributed by atoms with Crippen LogP contribution in [0.2, 0.25) is 0 Å². The molecule has 2 aliphatic heterocycles. The Labute approximate surface area is 127 Å². The highest BCUT2D eigenvalue weighted by atomic mass is 32.2. The lowest BCUT2D eigenvalue weighted by Gasteiger charge is -2.30. The zero-order chi connectivity index (χ0) is 15.4. The Morgan fingerprint density at radius 2 is 2.14 bits per heavy atom. The molecule has 7 nitrogen and oxygen atoms in total. The Morgan fingerprint density at radius 3 is 2.76 bits per heavy atom. The Bertz CT molecular complexity index is 452. The van der Waals surface area contributed by atoms with Crippen molar-refractivity contribution in [3.63, 3.8) is 0 Å². The third-order valence-electron chi connectivity index (χ3n) is 3.60. The Kier molecular flexibility index (Phi) is 5.22. The van der Waals surface area contributed by atoms with Crippen LogP contribution in [0.25, 0.3) is 0 Å². The van der Waals surface area contributed by atoms with E-state index in [1.54, 1.807) is 4.90 Å². The number of likely N-dealkylation sites (tertiary alicyclic amines) is 1. The standard InChI is InChI=1S/C13H19N3O4S/c1-9-3-2-5-15(7-9)12(19)11(18)14-4-6-16-10(17)8-21-13(16)20/h9H,2-8H2,1H3,(H,14,18). The fourth-order valence-corrected chi connectivity index (χ4v) is 3.22. The smallest absolute Gasteiger partial charge is 0.311 e. The van der Waals surface area contributed by atoms with E-state index in [2.05, 4.69) is 12.2 Å². The summed E-state index contributed by atoms with van der Waals surface area (Å²) in [6.45, 7) is 3.48. The third-order valence-corrected chi connectivity index (χ3v) is 4.46. The second kappa shape index (κ2) is 6.93. The van der Waals surface area contributed by atoms with Gasteiger partial charge in [0.1, 0.15) is 0 Å². The lowest BCUT2D eigenvalue weighted by molar-refractivity contribution is -0.147. The van der Waals surface area contributed by atoms with Gasteiger partial charge in [-0.25, -0.2) is 0 Å². The van der Waals surface area contributed by atoms with E-state index >= 15 is 0 Å². The first-order valence-corrected chi connectivity index (χ1v) is 8.02. The van der Waals surface area contributed by atoms with Gasteiger partial charge in [-0.15, -0.1) is 0 Å². The normalized spacial score (nSPS) is 22.6. The summed E-state index contributed by atoms with van der Waals surface area (Å²) >= 11 is 0.951. The monoisotopic (exact) mass is 313 g/mol. The molecule has 4 amide bonds. The van der Waals surface area contributed by atoms with Crippen LogP contribution in [0, 0.1) is 5.92 Å². The molecule has 0 spiro atoms. The summed E-state index contributed by atoms with van der Waals surface area (Å²) < 4.78 is 0. The van der Waals surface area contributed by atoms with Gasteiger partial charge in [0.05, 0.1) is 5.75 Å². The zero-order valence-corrected chi connectivity index (χ0v) is 12.8. The van der Waals surface area contributed by atoms with Gasteiger partial charge in [0.15, 0.2) is 0 Å². The maximum Gasteiger partial charge on any atom is 0.311 e. The number of rotatable bonds is 3. The molecule has 2 fully saturated rings. The predicted octanol–water partition coefficient (Wildman–Crippen LogP) is 0.0565. The fourth-order valence-electron chi connectivity index (χ4n) is 2.47. The minimum absolute atomic E-state index is 0.103. The van der Waals surface area contributed by atoms with Crippen molar-refractivity contribution in [3.05, 3.63) is 0 Å². The molecule has 1 unspecified atom stereocenters. The second-order valence-corrected chi connectivity index (χ2v) is 6.28. The molecule has 0 bridgehead atoms.